The normalized spacial score (nSPS) is 11.8. The molecule has 0 saturated heterocycles. The van der Waals surface area contributed by atoms with E-state index in [-0.39, 0.29) is 0 Å². The van der Waals surface area contributed by atoms with E-state index in [0.717, 1.165) is 22.6 Å². The summed E-state index contributed by atoms with van der Waals surface area (Å²) in [4.78, 5) is 0. The number of hydrogen-bond donors (Lipinski definition) is 0. The molecule has 0 N–H and O–H groups in total. The highest BCUT2D eigenvalue weighted by atomic mass is 127. The standard InChI is InChI=1S/C30H34I2O6P2/c1-5-33-39(34-6-2)37-27-17-11-23(12-18-27)9-15-25-21-30(32)26(22-29(25)31)16-10-24-13-19-28(20-14-24)38-40(35-7-3)36-8-4/h9-22H,5-8H2,1-4H3/b15-9+,16-10+. The second-order valence-corrected chi connectivity index (χ2v) is 12.6. The van der Waals surface area contributed by atoms with Crippen molar-refractivity contribution in [3.63, 3.8) is 0 Å². The van der Waals surface area contributed by atoms with Gasteiger partial charge in [-0.2, -0.15) is 0 Å². The van der Waals surface area contributed by atoms with E-state index in [1.54, 1.807) is 0 Å². The molecule has 0 aliphatic carbocycles. The first kappa shape index (κ1) is 33.4. The summed E-state index contributed by atoms with van der Waals surface area (Å²) < 4.78 is 36.1. The summed E-state index contributed by atoms with van der Waals surface area (Å²) in [5, 5.41) is 0. The van der Waals surface area contributed by atoms with Gasteiger partial charge in [0.15, 0.2) is 0 Å². The van der Waals surface area contributed by atoms with E-state index in [1.807, 2.05) is 76.2 Å². The van der Waals surface area contributed by atoms with Gasteiger partial charge in [-0.1, -0.05) is 48.6 Å². The van der Waals surface area contributed by atoms with Gasteiger partial charge in [-0.15, -0.1) is 0 Å². The quantitative estimate of drug-likeness (QED) is 0.0817. The van der Waals surface area contributed by atoms with Gasteiger partial charge in [0, 0.05) is 7.14 Å². The lowest BCUT2D eigenvalue weighted by Gasteiger charge is -2.15. The van der Waals surface area contributed by atoms with E-state index in [1.165, 1.54) is 18.3 Å². The fraction of sp³-hybridized carbons (Fsp3) is 0.267. The average Bonchev–Trinajstić information content (AvgIpc) is 2.94. The lowest BCUT2D eigenvalue weighted by Crippen LogP contribution is -1.97. The van der Waals surface area contributed by atoms with Crippen LogP contribution in [0, 0.1) is 7.14 Å². The Labute approximate surface area is 267 Å². The molecule has 0 aromatic heterocycles. The van der Waals surface area contributed by atoms with Crippen molar-refractivity contribution >= 4 is 86.7 Å². The Hall–Kier alpha value is -1.10. The van der Waals surface area contributed by atoms with Crippen LogP contribution in [0.25, 0.3) is 24.3 Å². The molecule has 214 valence electrons. The van der Waals surface area contributed by atoms with E-state index in [9.17, 15) is 0 Å². The number of rotatable bonds is 16. The fourth-order valence-corrected chi connectivity index (χ4v) is 6.39. The van der Waals surface area contributed by atoms with Crippen LogP contribution >= 0.6 is 62.4 Å². The first-order chi connectivity index (χ1) is 19.4. The predicted octanol–water partition coefficient (Wildman–Crippen LogP) is 10.6. The van der Waals surface area contributed by atoms with Gasteiger partial charge in [0.05, 0.1) is 26.4 Å². The smallest absolute Gasteiger partial charge is 0.397 e. The van der Waals surface area contributed by atoms with Crippen molar-refractivity contribution in [1.82, 2.24) is 0 Å². The lowest BCUT2D eigenvalue weighted by atomic mass is 10.1. The summed E-state index contributed by atoms with van der Waals surface area (Å²) in [6, 6.07) is 20.2. The van der Waals surface area contributed by atoms with Crippen LogP contribution in [0.5, 0.6) is 11.5 Å². The minimum atomic E-state index is -1.37. The Morgan fingerprint density at radius 2 is 0.850 bits per heavy atom. The molecule has 40 heavy (non-hydrogen) atoms. The summed E-state index contributed by atoms with van der Waals surface area (Å²) in [6.07, 6.45) is 8.48. The van der Waals surface area contributed by atoms with Crippen LogP contribution in [0.15, 0.2) is 60.7 Å². The Balaban J connectivity index is 1.63. The summed E-state index contributed by atoms with van der Waals surface area (Å²) in [5.41, 5.74) is 4.50. The molecule has 0 aliphatic rings. The molecule has 0 atom stereocenters. The predicted molar refractivity (Wildman–Crippen MR) is 184 cm³/mol. The van der Waals surface area contributed by atoms with Crippen molar-refractivity contribution in [2.45, 2.75) is 27.7 Å². The van der Waals surface area contributed by atoms with Crippen molar-refractivity contribution in [3.05, 3.63) is 90.1 Å². The number of hydrogen-bond acceptors (Lipinski definition) is 6. The minimum Gasteiger partial charge on any atom is -0.427 e. The van der Waals surface area contributed by atoms with Crippen molar-refractivity contribution in [2.75, 3.05) is 26.4 Å². The Morgan fingerprint density at radius 1 is 0.525 bits per heavy atom. The molecule has 0 amide bonds. The van der Waals surface area contributed by atoms with Gasteiger partial charge in [0.25, 0.3) is 0 Å². The SMILES string of the molecule is CCOP(OCC)Oc1ccc(/C=C/c2cc(I)c(/C=C/c3ccc(OP(OCC)OCC)cc3)cc2I)cc1. The minimum absolute atomic E-state index is 0.548. The molecule has 3 rings (SSSR count). The third kappa shape index (κ3) is 11.3. The second-order valence-electron chi connectivity index (χ2n) is 8.00. The topological polar surface area (TPSA) is 55.4 Å². The molecule has 0 unspecified atom stereocenters. The van der Waals surface area contributed by atoms with E-state index in [2.05, 4.69) is 81.6 Å². The van der Waals surface area contributed by atoms with Gasteiger partial charge in [-0.05, 0) is 132 Å². The summed E-state index contributed by atoms with van der Waals surface area (Å²) in [6.45, 7) is 9.90. The molecule has 0 spiro atoms. The van der Waals surface area contributed by atoms with Crippen LogP contribution in [-0.4, -0.2) is 26.4 Å². The van der Waals surface area contributed by atoms with Crippen molar-refractivity contribution in [3.8, 4) is 11.5 Å². The van der Waals surface area contributed by atoms with Crippen molar-refractivity contribution in [1.29, 1.82) is 0 Å². The lowest BCUT2D eigenvalue weighted by molar-refractivity contribution is 0.220. The molecule has 0 bridgehead atoms. The average molecular weight is 806 g/mol. The molecule has 0 saturated carbocycles. The van der Waals surface area contributed by atoms with Crippen molar-refractivity contribution < 1.29 is 27.1 Å². The highest BCUT2D eigenvalue weighted by molar-refractivity contribution is 14.1. The molecule has 3 aromatic carbocycles. The molecule has 0 aliphatic heterocycles. The fourth-order valence-electron chi connectivity index (χ4n) is 3.26. The molecular weight excluding hydrogens is 772 g/mol. The zero-order chi connectivity index (χ0) is 28.7. The van der Waals surface area contributed by atoms with E-state index in [4.69, 9.17) is 27.1 Å². The third-order valence-electron chi connectivity index (χ3n) is 5.08. The molecule has 0 fully saturated rings. The number of benzene rings is 3. The molecule has 10 heteroatoms. The third-order valence-corrected chi connectivity index (χ3v) is 9.55. The Bertz CT molecular complexity index is 1130. The second kappa shape index (κ2) is 18.4. The molecule has 0 heterocycles. The maximum Gasteiger partial charge on any atom is 0.397 e. The maximum absolute atomic E-state index is 5.83. The first-order valence-electron chi connectivity index (χ1n) is 13.0. The molecule has 6 nitrogen and oxygen atoms in total. The largest absolute Gasteiger partial charge is 0.427 e. The highest BCUT2D eigenvalue weighted by Crippen LogP contribution is 2.41. The van der Waals surface area contributed by atoms with Gasteiger partial charge in [-0.25, -0.2) is 0 Å². The summed E-state index contributed by atoms with van der Waals surface area (Å²) in [5.74, 6) is 1.46. The maximum atomic E-state index is 5.83. The molecule has 0 radical (unpaired) electrons. The van der Waals surface area contributed by atoms with Gasteiger partial charge < -0.3 is 27.1 Å². The monoisotopic (exact) mass is 806 g/mol. The van der Waals surface area contributed by atoms with Gasteiger partial charge in [0.2, 0.25) is 0 Å². The van der Waals surface area contributed by atoms with Crippen molar-refractivity contribution in [2.24, 2.45) is 0 Å². The Kier molecular flexibility index (Phi) is 15.4. The summed E-state index contributed by atoms with van der Waals surface area (Å²) >= 11 is 4.78. The van der Waals surface area contributed by atoms with Crippen LogP contribution in [0.3, 0.4) is 0 Å². The van der Waals surface area contributed by atoms with E-state index < -0.39 is 17.2 Å². The summed E-state index contributed by atoms with van der Waals surface area (Å²) in [7, 11) is -2.74. The number of halogens is 2. The van der Waals surface area contributed by atoms with Gasteiger partial charge in [-0.3, -0.25) is 0 Å². The van der Waals surface area contributed by atoms with Crippen LogP contribution in [0.1, 0.15) is 49.9 Å². The van der Waals surface area contributed by atoms with Crippen LogP contribution in [0.4, 0.5) is 0 Å². The zero-order valence-electron chi connectivity index (χ0n) is 23.0. The van der Waals surface area contributed by atoms with Gasteiger partial charge >= 0.3 is 17.2 Å². The van der Waals surface area contributed by atoms with Gasteiger partial charge in [0.1, 0.15) is 11.5 Å². The Morgan fingerprint density at radius 3 is 1.15 bits per heavy atom. The molecule has 3 aromatic rings. The highest BCUT2D eigenvalue weighted by Gasteiger charge is 2.13. The van der Waals surface area contributed by atoms with Crippen LogP contribution < -0.4 is 9.05 Å². The zero-order valence-corrected chi connectivity index (χ0v) is 29.1. The van der Waals surface area contributed by atoms with Crippen LogP contribution in [0.2, 0.25) is 0 Å². The van der Waals surface area contributed by atoms with Crippen LogP contribution in [-0.2, 0) is 18.1 Å². The first-order valence-corrected chi connectivity index (χ1v) is 17.3. The van der Waals surface area contributed by atoms with E-state index >= 15 is 0 Å². The van der Waals surface area contributed by atoms with E-state index in [0.29, 0.717) is 26.4 Å². The molecular formula is C30H34I2O6P2.